The van der Waals surface area contributed by atoms with Gasteiger partial charge >= 0.3 is 0 Å². The van der Waals surface area contributed by atoms with Crippen molar-refractivity contribution in [1.29, 1.82) is 0 Å². The van der Waals surface area contributed by atoms with Gasteiger partial charge in [-0.1, -0.05) is 0 Å². The molecule has 13 heavy (non-hydrogen) atoms. The molecule has 1 aliphatic heterocycles. The Morgan fingerprint density at radius 1 is 1.54 bits per heavy atom. The predicted octanol–water partition coefficient (Wildman–Crippen LogP) is 1.67. The number of imidazole rings is 1. The van der Waals surface area contributed by atoms with Crippen molar-refractivity contribution < 1.29 is 0 Å². The number of nitrogens with zero attached hydrogens (tertiary/aromatic N) is 3. The second-order valence-corrected chi connectivity index (χ2v) is 4.16. The lowest BCUT2D eigenvalue weighted by atomic mass is 10.2. The summed E-state index contributed by atoms with van der Waals surface area (Å²) in [5.41, 5.74) is 1.34. The molecule has 0 radical (unpaired) electrons. The Morgan fingerprint density at radius 2 is 2.31 bits per heavy atom. The third-order valence-corrected chi connectivity index (χ3v) is 2.82. The van der Waals surface area contributed by atoms with E-state index in [4.69, 9.17) is 0 Å². The van der Waals surface area contributed by atoms with E-state index in [-0.39, 0.29) is 0 Å². The average molecular weight is 179 g/mol. The minimum atomic E-state index is 0.564. The van der Waals surface area contributed by atoms with Crippen LogP contribution in [0.4, 0.5) is 0 Å². The van der Waals surface area contributed by atoms with Gasteiger partial charge in [0.05, 0.1) is 12.0 Å². The molecule has 1 unspecified atom stereocenters. The minimum Gasteiger partial charge on any atom is -0.329 e. The second kappa shape index (κ2) is 3.14. The van der Waals surface area contributed by atoms with Crippen LogP contribution in [0.25, 0.3) is 0 Å². The van der Waals surface area contributed by atoms with Crippen molar-refractivity contribution in [2.24, 2.45) is 0 Å². The third-order valence-electron chi connectivity index (χ3n) is 2.82. The van der Waals surface area contributed by atoms with E-state index >= 15 is 0 Å². The fourth-order valence-electron chi connectivity index (χ4n) is 1.94. The van der Waals surface area contributed by atoms with Gasteiger partial charge in [0.25, 0.3) is 0 Å². The van der Waals surface area contributed by atoms with Gasteiger partial charge in [0.2, 0.25) is 0 Å². The zero-order valence-corrected chi connectivity index (χ0v) is 8.57. The molecule has 0 saturated carbocycles. The molecule has 0 amide bonds. The van der Waals surface area contributed by atoms with Crippen LogP contribution in [0.2, 0.25) is 0 Å². The summed E-state index contributed by atoms with van der Waals surface area (Å²) in [6.07, 6.45) is 3.92. The van der Waals surface area contributed by atoms with Crippen LogP contribution in [-0.2, 0) is 6.54 Å². The molecule has 72 valence electrons. The van der Waals surface area contributed by atoms with E-state index in [2.05, 4.69) is 35.2 Å². The van der Waals surface area contributed by atoms with E-state index in [1.54, 1.807) is 0 Å². The Bertz CT molecular complexity index is 290. The third kappa shape index (κ3) is 1.48. The number of rotatable bonds is 1. The largest absolute Gasteiger partial charge is 0.329 e. The summed E-state index contributed by atoms with van der Waals surface area (Å²) < 4.78 is 2.28. The Hall–Kier alpha value is -0.830. The molecule has 0 bridgehead atoms. The van der Waals surface area contributed by atoms with Crippen molar-refractivity contribution in [2.75, 3.05) is 6.54 Å². The first-order valence-electron chi connectivity index (χ1n) is 4.93. The molecule has 0 aliphatic carbocycles. The first kappa shape index (κ1) is 8.75. The first-order valence-corrected chi connectivity index (χ1v) is 4.93. The van der Waals surface area contributed by atoms with Crippen molar-refractivity contribution in [1.82, 2.24) is 14.5 Å². The van der Waals surface area contributed by atoms with Crippen molar-refractivity contribution in [3.63, 3.8) is 0 Å². The standard InChI is InChI=1S/C10H17N3/c1-8(2)12-5-9(3)13-7-11-4-10(13)6-12/h4,7-9H,5-6H2,1-3H3. The van der Waals surface area contributed by atoms with Crippen LogP contribution in [0.1, 0.15) is 32.5 Å². The highest BCUT2D eigenvalue weighted by Crippen LogP contribution is 2.21. The summed E-state index contributed by atoms with van der Waals surface area (Å²) in [4.78, 5) is 6.67. The zero-order chi connectivity index (χ0) is 9.42. The van der Waals surface area contributed by atoms with Gasteiger partial charge in [0, 0.05) is 31.4 Å². The second-order valence-electron chi connectivity index (χ2n) is 4.16. The van der Waals surface area contributed by atoms with Crippen molar-refractivity contribution in [3.8, 4) is 0 Å². The molecule has 1 aliphatic rings. The lowest BCUT2D eigenvalue weighted by molar-refractivity contribution is 0.153. The molecule has 0 fully saturated rings. The molecule has 2 rings (SSSR count). The van der Waals surface area contributed by atoms with Crippen LogP contribution in [0, 0.1) is 0 Å². The molecule has 0 aromatic carbocycles. The molecule has 1 aromatic rings. The van der Waals surface area contributed by atoms with Crippen LogP contribution in [0.5, 0.6) is 0 Å². The highest BCUT2D eigenvalue weighted by atomic mass is 15.2. The van der Waals surface area contributed by atoms with E-state index < -0.39 is 0 Å². The molecule has 3 heteroatoms. The molecule has 3 nitrogen and oxygen atoms in total. The summed E-state index contributed by atoms with van der Waals surface area (Å²) >= 11 is 0. The molecule has 1 aromatic heterocycles. The van der Waals surface area contributed by atoms with Crippen LogP contribution in [0.3, 0.4) is 0 Å². The van der Waals surface area contributed by atoms with Gasteiger partial charge in [-0.05, 0) is 20.8 Å². The molecular formula is C10H17N3. The van der Waals surface area contributed by atoms with Gasteiger partial charge < -0.3 is 4.57 Å². The van der Waals surface area contributed by atoms with Gasteiger partial charge in [-0.3, -0.25) is 4.90 Å². The number of hydrogen-bond donors (Lipinski definition) is 0. The summed E-state index contributed by atoms with van der Waals surface area (Å²) in [5, 5.41) is 0. The van der Waals surface area contributed by atoms with Crippen molar-refractivity contribution in [3.05, 3.63) is 18.2 Å². The van der Waals surface area contributed by atoms with E-state index in [9.17, 15) is 0 Å². The Balaban J connectivity index is 2.23. The lowest BCUT2D eigenvalue weighted by Gasteiger charge is -2.35. The normalized spacial score (nSPS) is 23.5. The monoisotopic (exact) mass is 179 g/mol. The van der Waals surface area contributed by atoms with Crippen LogP contribution in [-0.4, -0.2) is 27.0 Å². The predicted molar refractivity (Wildman–Crippen MR) is 52.5 cm³/mol. The van der Waals surface area contributed by atoms with E-state index in [0.717, 1.165) is 13.1 Å². The fraction of sp³-hybridized carbons (Fsp3) is 0.700. The fourth-order valence-corrected chi connectivity index (χ4v) is 1.94. The zero-order valence-electron chi connectivity index (χ0n) is 8.57. The average Bonchev–Trinajstić information content (AvgIpc) is 2.51. The van der Waals surface area contributed by atoms with Crippen molar-refractivity contribution >= 4 is 0 Å². The van der Waals surface area contributed by atoms with Gasteiger partial charge in [-0.15, -0.1) is 0 Å². The van der Waals surface area contributed by atoms with Gasteiger partial charge in [0.1, 0.15) is 0 Å². The molecule has 0 saturated heterocycles. The topological polar surface area (TPSA) is 21.1 Å². The van der Waals surface area contributed by atoms with Crippen LogP contribution < -0.4 is 0 Å². The SMILES string of the molecule is CC(C)N1Cc2cncn2C(C)C1. The summed E-state index contributed by atoms with van der Waals surface area (Å²) in [6.45, 7) is 8.93. The quantitative estimate of drug-likeness (QED) is 0.654. The van der Waals surface area contributed by atoms with E-state index in [1.165, 1.54) is 5.69 Å². The van der Waals surface area contributed by atoms with E-state index in [0.29, 0.717) is 12.1 Å². The number of fused-ring (bicyclic) bond motifs is 1. The van der Waals surface area contributed by atoms with Crippen molar-refractivity contribution in [2.45, 2.75) is 39.4 Å². The Labute approximate surface area is 79.4 Å². The minimum absolute atomic E-state index is 0.564. The number of aromatic nitrogens is 2. The molecule has 2 heterocycles. The highest BCUT2D eigenvalue weighted by Gasteiger charge is 2.22. The lowest BCUT2D eigenvalue weighted by Crippen LogP contribution is -2.39. The van der Waals surface area contributed by atoms with Crippen LogP contribution in [0.15, 0.2) is 12.5 Å². The van der Waals surface area contributed by atoms with Gasteiger partial charge in [-0.25, -0.2) is 4.98 Å². The summed E-state index contributed by atoms with van der Waals surface area (Å²) in [5.74, 6) is 0. The maximum atomic E-state index is 4.18. The molecule has 0 N–H and O–H groups in total. The summed E-state index contributed by atoms with van der Waals surface area (Å²) in [7, 11) is 0. The van der Waals surface area contributed by atoms with E-state index in [1.807, 2.05) is 12.5 Å². The molecule has 0 spiro atoms. The Kier molecular flexibility index (Phi) is 2.12. The summed E-state index contributed by atoms with van der Waals surface area (Å²) in [6, 6.07) is 1.19. The van der Waals surface area contributed by atoms with Crippen LogP contribution >= 0.6 is 0 Å². The highest BCUT2D eigenvalue weighted by molar-refractivity contribution is 5.03. The Morgan fingerprint density at radius 3 is 3.00 bits per heavy atom. The first-order chi connectivity index (χ1) is 6.18. The maximum Gasteiger partial charge on any atom is 0.0951 e. The smallest absolute Gasteiger partial charge is 0.0951 e. The number of hydrogen-bond acceptors (Lipinski definition) is 2. The van der Waals surface area contributed by atoms with Gasteiger partial charge in [-0.2, -0.15) is 0 Å². The van der Waals surface area contributed by atoms with Gasteiger partial charge in [0.15, 0.2) is 0 Å². The maximum absolute atomic E-state index is 4.18. The molecular weight excluding hydrogens is 162 g/mol. The molecule has 1 atom stereocenters.